The van der Waals surface area contributed by atoms with Gasteiger partial charge in [-0.05, 0) is 28.5 Å². The van der Waals surface area contributed by atoms with Crippen LogP contribution in [0.4, 0.5) is 5.82 Å². The summed E-state index contributed by atoms with van der Waals surface area (Å²) in [5.41, 5.74) is 1.28. The predicted molar refractivity (Wildman–Crippen MR) is 53.7 cm³/mol. The van der Waals surface area contributed by atoms with Crippen molar-refractivity contribution in [2.24, 2.45) is 0 Å². The van der Waals surface area contributed by atoms with E-state index in [9.17, 15) is 0 Å². The van der Waals surface area contributed by atoms with Crippen LogP contribution in [-0.2, 0) is 6.54 Å². The highest BCUT2D eigenvalue weighted by Crippen LogP contribution is 2.08. The highest BCUT2D eigenvalue weighted by Gasteiger charge is 1.93. The Labute approximate surface area is 80.5 Å². The summed E-state index contributed by atoms with van der Waals surface area (Å²) < 4.78 is 0. The second-order valence-corrected chi connectivity index (χ2v) is 3.36. The molecule has 66 valence electrons. The summed E-state index contributed by atoms with van der Waals surface area (Å²) in [7, 11) is 0. The molecule has 0 saturated carbocycles. The minimum atomic E-state index is 0.820. The van der Waals surface area contributed by atoms with E-state index in [0.29, 0.717) is 0 Å². The van der Waals surface area contributed by atoms with E-state index in [1.165, 1.54) is 11.9 Å². The molecule has 0 bridgehead atoms. The number of rotatable bonds is 3. The fraction of sp³-hybridized carbons (Fsp3) is 0.111. The van der Waals surface area contributed by atoms with Crippen LogP contribution in [0.3, 0.4) is 0 Å². The average Bonchev–Trinajstić information content (AvgIpc) is 2.69. The van der Waals surface area contributed by atoms with Crippen molar-refractivity contribution in [2.75, 3.05) is 5.32 Å². The van der Waals surface area contributed by atoms with Crippen LogP contribution in [0.1, 0.15) is 5.56 Å². The molecule has 0 aliphatic carbocycles. The average molecular weight is 191 g/mol. The van der Waals surface area contributed by atoms with Crippen molar-refractivity contribution in [2.45, 2.75) is 6.54 Å². The Morgan fingerprint density at radius 2 is 2.38 bits per heavy atom. The Morgan fingerprint density at radius 3 is 3.08 bits per heavy atom. The third-order valence-corrected chi connectivity index (χ3v) is 2.37. The molecule has 2 aromatic rings. The maximum atomic E-state index is 4.06. The van der Waals surface area contributed by atoms with Crippen molar-refractivity contribution < 1.29 is 0 Å². The first-order chi connectivity index (χ1) is 6.45. The number of hydrogen-bond acceptors (Lipinski definition) is 4. The summed E-state index contributed by atoms with van der Waals surface area (Å²) >= 11 is 1.70. The Balaban J connectivity index is 1.94. The van der Waals surface area contributed by atoms with E-state index in [-0.39, 0.29) is 0 Å². The third-order valence-electron chi connectivity index (χ3n) is 1.64. The second kappa shape index (κ2) is 4.00. The molecule has 2 rings (SSSR count). The molecule has 13 heavy (non-hydrogen) atoms. The van der Waals surface area contributed by atoms with E-state index in [4.69, 9.17) is 0 Å². The van der Waals surface area contributed by atoms with Gasteiger partial charge >= 0.3 is 0 Å². The summed E-state index contributed by atoms with van der Waals surface area (Å²) in [4.78, 5) is 7.90. The van der Waals surface area contributed by atoms with Crippen molar-refractivity contribution in [3.05, 3.63) is 41.0 Å². The van der Waals surface area contributed by atoms with Gasteiger partial charge in [-0.25, -0.2) is 9.97 Å². The molecule has 0 radical (unpaired) electrons. The van der Waals surface area contributed by atoms with E-state index in [0.717, 1.165) is 12.4 Å². The Hall–Kier alpha value is -1.42. The molecule has 1 N–H and O–H groups in total. The van der Waals surface area contributed by atoms with Crippen LogP contribution < -0.4 is 5.32 Å². The monoisotopic (exact) mass is 191 g/mol. The highest BCUT2D eigenvalue weighted by molar-refractivity contribution is 7.07. The fourth-order valence-electron chi connectivity index (χ4n) is 0.981. The van der Waals surface area contributed by atoms with E-state index in [1.807, 2.05) is 6.07 Å². The fourth-order valence-corrected chi connectivity index (χ4v) is 1.65. The molecule has 0 saturated heterocycles. The molecule has 0 aliphatic heterocycles. The van der Waals surface area contributed by atoms with E-state index in [1.54, 1.807) is 17.5 Å². The van der Waals surface area contributed by atoms with Gasteiger partial charge in [0.25, 0.3) is 0 Å². The first-order valence-electron chi connectivity index (χ1n) is 3.96. The summed E-state index contributed by atoms with van der Waals surface area (Å²) in [5.74, 6) is 0.862. The molecule has 0 amide bonds. The molecule has 2 aromatic heterocycles. The maximum Gasteiger partial charge on any atom is 0.129 e. The second-order valence-electron chi connectivity index (χ2n) is 2.58. The van der Waals surface area contributed by atoms with Gasteiger partial charge in [0.1, 0.15) is 12.1 Å². The number of nitrogens with zero attached hydrogens (tertiary/aromatic N) is 2. The van der Waals surface area contributed by atoms with Gasteiger partial charge in [-0.2, -0.15) is 11.3 Å². The molecule has 4 heteroatoms. The Morgan fingerprint density at radius 1 is 1.38 bits per heavy atom. The summed E-state index contributed by atoms with van der Waals surface area (Å²) in [5, 5.41) is 7.39. The number of nitrogens with one attached hydrogen (secondary N) is 1. The quantitative estimate of drug-likeness (QED) is 0.807. The van der Waals surface area contributed by atoms with Crippen LogP contribution in [0.2, 0.25) is 0 Å². The van der Waals surface area contributed by atoms with Crippen LogP contribution >= 0.6 is 11.3 Å². The van der Waals surface area contributed by atoms with Crippen LogP contribution in [-0.4, -0.2) is 9.97 Å². The molecular formula is C9H9N3S. The van der Waals surface area contributed by atoms with Gasteiger partial charge in [0.05, 0.1) is 0 Å². The van der Waals surface area contributed by atoms with Gasteiger partial charge in [0.2, 0.25) is 0 Å². The lowest BCUT2D eigenvalue weighted by Crippen LogP contribution is -1.99. The van der Waals surface area contributed by atoms with E-state index >= 15 is 0 Å². The van der Waals surface area contributed by atoms with Gasteiger partial charge in [0, 0.05) is 12.7 Å². The van der Waals surface area contributed by atoms with Gasteiger partial charge in [0.15, 0.2) is 0 Å². The van der Waals surface area contributed by atoms with Gasteiger partial charge < -0.3 is 5.32 Å². The Bertz CT molecular complexity index is 344. The lowest BCUT2D eigenvalue weighted by Gasteiger charge is -2.01. The molecule has 2 heterocycles. The third kappa shape index (κ3) is 2.26. The summed E-state index contributed by atoms with van der Waals surface area (Å²) in [6.07, 6.45) is 3.26. The summed E-state index contributed by atoms with van der Waals surface area (Å²) in [6, 6.07) is 3.95. The van der Waals surface area contributed by atoms with Gasteiger partial charge in [-0.1, -0.05) is 0 Å². The molecule has 0 aromatic carbocycles. The van der Waals surface area contributed by atoms with E-state index in [2.05, 4.69) is 32.1 Å². The number of anilines is 1. The molecule has 3 nitrogen and oxygen atoms in total. The smallest absolute Gasteiger partial charge is 0.129 e. The lowest BCUT2D eigenvalue weighted by atomic mass is 10.3. The molecule has 0 spiro atoms. The first-order valence-corrected chi connectivity index (χ1v) is 4.90. The molecule has 0 atom stereocenters. The lowest BCUT2D eigenvalue weighted by molar-refractivity contribution is 1.09. The number of hydrogen-bond donors (Lipinski definition) is 1. The van der Waals surface area contributed by atoms with E-state index < -0.39 is 0 Å². The molecule has 0 fully saturated rings. The van der Waals surface area contributed by atoms with Crippen molar-refractivity contribution in [3.8, 4) is 0 Å². The van der Waals surface area contributed by atoms with Crippen LogP contribution in [0.5, 0.6) is 0 Å². The van der Waals surface area contributed by atoms with Crippen LogP contribution in [0.25, 0.3) is 0 Å². The van der Waals surface area contributed by atoms with Gasteiger partial charge in [-0.3, -0.25) is 0 Å². The van der Waals surface area contributed by atoms with Crippen molar-refractivity contribution in [3.63, 3.8) is 0 Å². The topological polar surface area (TPSA) is 37.8 Å². The Kier molecular flexibility index (Phi) is 2.52. The van der Waals surface area contributed by atoms with Crippen molar-refractivity contribution >= 4 is 17.2 Å². The number of thiophene rings is 1. The van der Waals surface area contributed by atoms with Crippen molar-refractivity contribution in [1.82, 2.24) is 9.97 Å². The van der Waals surface area contributed by atoms with Crippen LogP contribution in [0, 0.1) is 0 Å². The standard InChI is InChI=1S/C9H9N3S/c1-3-10-7-12-9(1)11-5-8-2-4-13-6-8/h1-4,6-7H,5H2,(H,10,11,12). The maximum absolute atomic E-state index is 4.06. The molecule has 0 unspecified atom stereocenters. The zero-order chi connectivity index (χ0) is 8.93. The predicted octanol–water partition coefficient (Wildman–Crippen LogP) is 2.15. The zero-order valence-electron chi connectivity index (χ0n) is 6.97. The number of aromatic nitrogens is 2. The summed E-state index contributed by atoms with van der Waals surface area (Å²) in [6.45, 7) is 0.820. The van der Waals surface area contributed by atoms with Crippen LogP contribution in [0.15, 0.2) is 35.4 Å². The zero-order valence-corrected chi connectivity index (χ0v) is 7.79. The highest BCUT2D eigenvalue weighted by atomic mass is 32.1. The molecular weight excluding hydrogens is 182 g/mol. The largest absolute Gasteiger partial charge is 0.366 e. The SMILES string of the molecule is c1cc(NCc2ccsc2)ncn1. The minimum absolute atomic E-state index is 0.820. The normalized spacial score (nSPS) is 9.85. The first kappa shape index (κ1) is 8.19. The van der Waals surface area contributed by atoms with Gasteiger partial charge in [-0.15, -0.1) is 0 Å². The van der Waals surface area contributed by atoms with Crippen molar-refractivity contribution in [1.29, 1.82) is 0 Å². The minimum Gasteiger partial charge on any atom is -0.366 e. The molecule has 0 aliphatic rings.